The summed E-state index contributed by atoms with van der Waals surface area (Å²) in [6, 6.07) is 16.5. The van der Waals surface area contributed by atoms with Gasteiger partial charge in [0, 0.05) is 45.0 Å². The molecule has 2 fully saturated rings. The van der Waals surface area contributed by atoms with Gasteiger partial charge in [-0.3, -0.25) is 4.79 Å². The number of rotatable bonds is 6. The van der Waals surface area contributed by atoms with Gasteiger partial charge in [0.2, 0.25) is 5.91 Å². The zero-order valence-corrected chi connectivity index (χ0v) is 17.8. The first-order valence-corrected chi connectivity index (χ1v) is 11.0. The van der Waals surface area contributed by atoms with Crippen molar-refractivity contribution in [3.05, 3.63) is 48.5 Å². The number of hydrogen-bond donors (Lipinski definition) is 1. The number of nitrogens with one attached hydrogen (secondary N) is 1. The van der Waals surface area contributed by atoms with E-state index in [1.165, 1.54) is 30.6 Å². The Morgan fingerprint density at radius 3 is 2.27 bits per heavy atom. The number of piperazine rings is 1. The van der Waals surface area contributed by atoms with Gasteiger partial charge >= 0.3 is 0 Å². The Hall–Kier alpha value is -2.89. The van der Waals surface area contributed by atoms with E-state index in [9.17, 15) is 4.79 Å². The number of piperidine rings is 1. The minimum absolute atomic E-state index is 0.165. The molecule has 2 aromatic carbocycles. The zero-order chi connectivity index (χ0) is 20.8. The van der Waals surface area contributed by atoms with E-state index in [4.69, 9.17) is 4.74 Å². The van der Waals surface area contributed by atoms with Gasteiger partial charge in [-0.05, 0) is 55.7 Å². The van der Waals surface area contributed by atoms with Gasteiger partial charge < -0.3 is 24.8 Å². The van der Waals surface area contributed by atoms with Crippen LogP contribution in [0, 0.1) is 0 Å². The normalized spacial score (nSPS) is 17.0. The lowest BCUT2D eigenvalue weighted by atomic mass is 10.1. The van der Waals surface area contributed by atoms with Crippen LogP contribution in [0.15, 0.2) is 48.5 Å². The Bertz CT molecular complexity index is 825. The van der Waals surface area contributed by atoms with E-state index in [0.717, 1.165) is 50.7 Å². The first kappa shape index (κ1) is 20.4. The van der Waals surface area contributed by atoms with Crippen LogP contribution in [-0.4, -0.2) is 63.7 Å². The number of nitrogens with zero attached hydrogens (tertiary/aromatic N) is 3. The Kier molecular flexibility index (Phi) is 6.62. The Labute approximate surface area is 179 Å². The number of amides is 1. The molecule has 0 aromatic heterocycles. The summed E-state index contributed by atoms with van der Waals surface area (Å²) in [5.41, 5.74) is 3.45. The fourth-order valence-corrected chi connectivity index (χ4v) is 4.32. The fraction of sp³-hybridized carbons (Fsp3) is 0.458. The first-order chi connectivity index (χ1) is 14.7. The maximum absolute atomic E-state index is 12.8. The summed E-state index contributed by atoms with van der Waals surface area (Å²) in [7, 11) is 1.68. The monoisotopic (exact) mass is 408 g/mol. The third-order valence-corrected chi connectivity index (χ3v) is 6.10. The molecule has 2 aliphatic rings. The van der Waals surface area contributed by atoms with Crippen molar-refractivity contribution < 1.29 is 9.53 Å². The first-order valence-electron chi connectivity index (χ1n) is 11.0. The number of ether oxygens (including phenoxy) is 1. The number of hydrogen-bond acceptors (Lipinski definition) is 5. The van der Waals surface area contributed by atoms with E-state index in [1.807, 2.05) is 23.1 Å². The van der Waals surface area contributed by atoms with Crippen LogP contribution in [0.3, 0.4) is 0 Å². The molecule has 0 spiro atoms. The molecule has 0 saturated carbocycles. The Morgan fingerprint density at radius 2 is 1.57 bits per heavy atom. The summed E-state index contributed by atoms with van der Waals surface area (Å²) in [4.78, 5) is 19.5. The molecule has 2 aliphatic heterocycles. The van der Waals surface area contributed by atoms with Crippen LogP contribution in [-0.2, 0) is 4.79 Å². The molecule has 2 aromatic rings. The number of para-hydroxylation sites is 2. The summed E-state index contributed by atoms with van der Waals surface area (Å²) < 4.78 is 5.23. The lowest BCUT2D eigenvalue weighted by Gasteiger charge is -2.36. The Balaban J connectivity index is 1.29. The highest BCUT2D eigenvalue weighted by atomic mass is 16.5. The van der Waals surface area contributed by atoms with Gasteiger partial charge in [0.15, 0.2) is 0 Å². The van der Waals surface area contributed by atoms with Crippen molar-refractivity contribution in [1.82, 2.24) is 4.90 Å². The molecule has 0 radical (unpaired) electrons. The van der Waals surface area contributed by atoms with Crippen LogP contribution < -0.4 is 19.9 Å². The lowest BCUT2D eigenvalue weighted by molar-refractivity contribution is -0.129. The number of anilines is 3. The van der Waals surface area contributed by atoms with Crippen LogP contribution in [0.4, 0.5) is 17.1 Å². The lowest BCUT2D eigenvalue weighted by Crippen LogP contribution is -2.50. The van der Waals surface area contributed by atoms with E-state index >= 15 is 0 Å². The van der Waals surface area contributed by atoms with Gasteiger partial charge in [0.05, 0.1) is 25.0 Å². The highest BCUT2D eigenvalue weighted by molar-refractivity contribution is 5.83. The molecule has 30 heavy (non-hydrogen) atoms. The maximum Gasteiger partial charge on any atom is 0.241 e. The van der Waals surface area contributed by atoms with Gasteiger partial charge in [-0.15, -0.1) is 0 Å². The van der Waals surface area contributed by atoms with Gasteiger partial charge in [-0.1, -0.05) is 12.1 Å². The zero-order valence-electron chi connectivity index (χ0n) is 17.8. The molecule has 0 atom stereocenters. The third-order valence-electron chi connectivity index (χ3n) is 6.10. The van der Waals surface area contributed by atoms with Gasteiger partial charge in [0.25, 0.3) is 0 Å². The van der Waals surface area contributed by atoms with E-state index in [2.05, 4.69) is 45.4 Å². The molecule has 1 amide bonds. The molecule has 0 aliphatic carbocycles. The molecule has 2 saturated heterocycles. The minimum atomic E-state index is 0.165. The predicted molar refractivity (Wildman–Crippen MR) is 123 cm³/mol. The van der Waals surface area contributed by atoms with Crippen LogP contribution >= 0.6 is 0 Å². The molecule has 0 bridgehead atoms. The quantitative estimate of drug-likeness (QED) is 0.793. The number of carbonyl (C=O) groups excluding carboxylic acids is 1. The molecule has 2 heterocycles. The number of methoxy groups -OCH3 is 1. The number of benzene rings is 2. The SMILES string of the molecule is COc1ccc(N2CCN(C(=O)CNc3ccccc3N3CCCCC3)CC2)cc1. The number of carbonyl (C=O) groups is 1. The highest BCUT2D eigenvalue weighted by Crippen LogP contribution is 2.28. The second-order valence-electron chi connectivity index (χ2n) is 7.98. The molecular weight excluding hydrogens is 376 g/mol. The molecule has 4 rings (SSSR count). The van der Waals surface area contributed by atoms with Crippen molar-refractivity contribution in [1.29, 1.82) is 0 Å². The van der Waals surface area contributed by atoms with Crippen molar-refractivity contribution in [2.75, 3.05) is 68.0 Å². The van der Waals surface area contributed by atoms with Crippen LogP contribution in [0.25, 0.3) is 0 Å². The third kappa shape index (κ3) is 4.81. The molecule has 6 heteroatoms. The summed E-state index contributed by atoms with van der Waals surface area (Å²) in [5, 5.41) is 3.40. The van der Waals surface area contributed by atoms with Crippen LogP contribution in [0.5, 0.6) is 5.75 Å². The van der Waals surface area contributed by atoms with Crippen molar-refractivity contribution in [2.45, 2.75) is 19.3 Å². The predicted octanol–water partition coefficient (Wildman–Crippen LogP) is 3.45. The van der Waals surface area contributed by atoms with Crippen molar-refractivity contribution >= 4 is 23.0 Å². The summed E-state index contributed by atoms with van der Waals surface area (Å²) in [5.74, 6) is 1.03. The fourth-order valence-electron chi connectivity index (χ4n) is 4.32. The summed E-state index contributed by atoms with van der Waals surface area (Å²) in [6.45, 7) is 5.73. The second kappa shape index (κ2) is 9.74. The Morgan fingerprint density at radius 1 is 0.867 bits per heavy atom. The van der Waals surface area contributed by atoms with E-state index in [-0.39, 0.29) is 5.91 Å². The smallest absolute Gasteiger partial charge is 0.241 e. The summed E-state index contributed by atoms with van der Waals surface area (Å²) in [6.07, 6.45) is 3.80. The van der Waals surface area contributed by atoms with Crippen molar-refractivity contribution in [3.63, 3.8) is 0 Å². The average Bonchev–Trinajstić information content (AvgIpc) is 2.83. The van der Waals surface area contributed by atoms with E-state index in [1.54, 1.807) is 7.11 Å². The molecular formula is C24H32N4O2. The molecule has 1 N–H and O–H groups in total. The molecule has 0 unspecified atom stereocenters. The largest absolute Gasteiger partial charge is 0.497 e. The second-order valence-corrected chi connectivity index (χ2v) is 7.98. The van der Waals surface area contributed by atoms with E-state index < -0.39 is 0 Å². The van der Waals surface area contributed by atoms with Gasteiger partial charge in [0.1, 0.15) is 5.75 Å². The topological polar surface area (TPSA) is 48.1 Å². The highest BCUT2D eigenvalue weighted by Gasteiger charge is 2.22. The van der Waals surface area contributed by atoms with Crippen LogP contribution in [0.2, 0.25) is 0 Å². The minimum Gasteiger partial charge on any atom is -0.497 e. The van der Waals surface area contributed by atoms with Crippen molar-refractivity contribution in [3.8, 4) is 5.75 Å². The molecule has 6 nitrogen and oxygen atoms in total. The van der Waals surface area contributed by atoms with Crippen molar-refractivity contribution in [2.24, 2.45) is 0 Å². The standard InChI is InChI=1S/C24H32N4O2/c1-30-21-11-9-20(10-12-21)26-15-17-28(18-16-26)24(29)19-25-22-7-3-4-8-23(22)27-13-5-2-6-14-27/h3-4,7-12,25H,2,5-6,13-19H2,1H3. The van der Waals surface area contributed by atoms with Gasteiger partial charge in [-0.2, -0.15) is 0 Å². The maximum atomic E-state index is 12.8. The van der Waals surface area contributed by atoms with Gasteiger partial charge in [-0.25, -0.2) is 0 Å². The molecule has 160 valence electrons. The summed E-state index contributed by atoms with van der Waals surface area (Å²) >= 11 is 0. The van der Waals surface area contributed by atoms with Crippen LogP contribution in [0.1, 0.15) is 19.3 Å². The van der Waals surface area contributed by atoms with E-state index in [0.29, 0.717) is 6.54 Å². The average molecular weight is 409 g/mol.